The van der Waals surface area contributed by atoms with E-state index in [0.29, 0.717) is 10.7 Å². The smallest absolute Gasteiger partial charge is 0.224 e. The number of alkyl halides is 1. The van der Waals surface area contributed by atoms with E-state index < -0.39 is 0 Å². The summed E-state index contributed by atoms with van der Waals surface area (Å²) in [5.74, 6) is 1.88. The minimum atomic E-state index is 0.209. The largest absolute Gasteiger partial charge is 0.326 e. The van der Waals surface area contributed by atoms with Gasteiger partial charge in [-0.3, -0.25) is 4.79 Å². The Bertz CT molecular complexity index is 619. The fourth-order valence-corrected chi connectivity index (χ4v) is 7.59. The summed E-state index contributed by atoms with van der Waals surface area (Å²) in [7, 11) is 0. The summed E-state index contributed by atoms with van der Waals surface area (Å²) in [6, 6.07) is 6.19. The van der Waals surface area contributed by atoms with Gasteiger partial charge in [-0.15, -0.1) is 0 Å². The predicted octanol–water partition coefficient (Wildman–Crippen LogP) is 5.37. The molecule has 0 aliphatic heterocycles. The molecule has 1 aromatic carbocycles. The number of hydrogen-bond acceptors (Lipinski definition) is 1. The average Bonchev–Trinajstić information content (AvgIpc) is 2.39. The van der Waals surface area contributed by atoms with Crippen molar-refractivity contribution in [3.63, 3.8) is 0 Å². The number of aryl methyl sites for hydroxylation is 2. The molecule has 2 unspecified atom stereocenters. The lowest BCUT2D eigenvalue weighted by atomic mass is 9.48. The van der Waals surface area contributed by atoms with E-state index in [-0.39, 0.29) is 11.3 Å². The van der Waals surface area contributed by atoms with E-state index in [4.69, 9.17) is 0 Å². The molecular formula is C20H26BrNO. The van der Waals surface area contributed by atoms with Gasteiger partial charge >= 0.3 is 0 Å². The van der Waals surface area contributed by atoms with E-state index in [2.05, 4.69) is 47.2 Å². The van der Waals surface area contributed by atoms with Crippen molar-refractivity contribution in [3.05, 3.63) is 29.3 Å². The molecule has 0 spiro atoms. The SMILES string of the molecule is Cc1cccc(C)c1NC(=O)CC12CC3CC(CC(Br)(C3)C1)C2. The van der Waals surface area contributed by atoms with E-state index in [1.165, 1.54) is 38.5 Å². The molecule has 0 heterocycles. The van der Waals surface area contributed by atoms with E-state index >= 15 is 0 Å². The number of benzene rings is 1. The van der Waals surface area contributed by atoms with E-state index in [1.807, 2.05) is 6.07 Å². The van der Waals surface area contributed by atoms with Gasteiger partial charge in [-0.1, -0.05) is 34.1 Å². The highest BCUT2D eigenvalue weighted by Crippen LogP contribution is 2.65. The van der Waals surface area contributed by atoms with Crippen LogP contribution in [0.5, 0.6) is 0 Å². The van der Waals surface area contributed by atoms with Gasteiger partial charge in [-0.05, 0) is 80.8 Å². The molecule has 3 heteroatoms. The highest BCUT2D eigenvalue weighted by atomic mass is 79.9. The van der Waals surface area contributed by atoms with Gasteiger partial charge in [0, 0.05) is 16.4 Å². The molecule has 4 bridgehead atoms. The third kappa shape index (κ3) is 2.86. The third-order valence-corrected chi connectivity index (χ3v) is 7.32. The van der Waals surface area contributed by atoms with Crippen molar-refractivity contribution in [3.8, 4) is 0 Å². The van der Waals surface area contributed by atoms with Gasteiger partial charge in [0.05, 0.1) is 0 Å². The predicted molar refractivity (Wildman–Crippen MR) is 97.9 cm³/mol. The Balaban J connectivity index is 1.51. The van der Waals surface area contributed by atoms with Gasteiger partial charge in [-0.25, -0.2) is 0 Å². The third-order valence-electron chi connectivity index (χ3n) is 6.39. The van der Waals surface area contributed by atoms with Gasteiger partial charge < -0.3 is 5.32 Å². The van der Waals surface area contributed by atoms with Crippen LogP contribution in [0.1, 0.15) is 56.1 Å². The van der Waals surface area contributed by atoms with Crippen LogP contribution in [-0.2, 0) is 4.79 Å². The molecule has 0 aromatic heterocycles. The van der Waals surface area contributed by atoms with E-state index in [9.17, 15) is 4.79 Å². The van der Waals surface area contributed by atoms with Gasteiger partial charge in [0.25, 0.3) is 0 Å². The van der Waals surface area contributed by atoms with Crippen LogP contribution in [0.4, 0.5) is 5.69 Å². The standard InChI is InChI=1S/C20H26BrNO/c1-13-4-3-5-14(2)18(13)22-17(23)11-19-7-15-6-16(8-19)10-20(21,9-15)12-19/h3-5,15-16H,6-12H2,1-2H3,(H,22,23). The molecule has 2 nitrogen and oxygen atoms in total. The Hall–Kier alpha value is -0.830. The molecule has 4 aliphatic rings. The zero-order valence-corrected chi connectivity index (χ0v) is 15.7. The number of carbonyl (C=O) groups is 1. The Morgan fingerprint density at radius 2 is 1.78 bits per heavy atom. The van der Waals surface area contributed by atoms with Crippen molar-refractivity contribution >= 4 is 27.5 Å². The molecule has 5 rings (SSSR count). The lowest BCUT2D eigenvalue weighted by Gasteiger charge is -2.60. The zero-order valence-electron chi connectivity index (χ0n) is 14.1. The minimum Gasteiger partial charge on any atom is -0.326 e. The molecule has 1 N–H and O–H groups in total. The number of rotatable bonds is 3. The maximum atomic E-state index is 12.8. The molecule has 1 aromatic rings. The number of halogens is 1. The first-order valence-electron chi connectivity index (χ1n) is 8.92. The molecule has 1 amide bonds. The topological polar surface area (TPSA) is 29.1 Å². The van der Waals surface area contributed by atoms with Crippen LogP contribution in [0.3, 0.4) is 0 Å². The fraction of sp³-hybridized carbons (Fsp3) is 0.650. The van der Waals surface area contributed by atoms with Gasteiger partial charge in [0.15, 0.2) is 0 Å². The molecular weight excluding hydrogens is 350 g/mol. The zero-order chi connectivity index (χ0) is 16.2. The summed E-state index contributed by atoms with van der Waals surface area (Å²) < 4.78 is 0.329. The van der Waals surface area contributed by atoms with E-state index in [1.54, 1.807) is 0 Å². The van der Waals surface area contributed by atoms with Crippen molar-refractivity contribution in [1.82, 2.24) is 0 Å². The summed E-state index contributed by atoms with van der Waals surface area (Å²) in [6.07, 6.45) is 8.45. The second kappa shape index (κ2) is 5.34. The highest BCUT2D eigenvalue weighted by molar-refractivity contribution is 9.10. The number of carbonyl (C=O) groups excluding carboxylic acids is 1. The van der Waals surface area contributed by atoms with Gasteiger partial charge in [-0.2, -0.15) is 0 Å². The number of anilines is 1. The number of amides is 1. The van der Waals surface area contributed by atoms with Crippen molar-refractivity contribution in [1.29, 1.82) is 0 Å². The van der Waals surface area contributed by atoms with Crippen LogP contribution in [0.2, 0.25) is 0 Å². The lowest BCUT2D eigenvalue weighted by molar-refractivity contribution is -0.123. The minimum absolute atomic E-state index is 0.209. The molecule has 4 fully saturated rings. The molecule has 0 saturated heterocycles. The first-order chi connectivity index (χ1) is 10.9. The average molecular weight is 376 g/mol. The van der Waals surface area contributed by atoms with Crippen LogP contribution < -0.4 is 5.32 Å². The molecule has 4 saturated carbocycles. The quantitative estimate of drug-likeness (QED) is 0.707. The Kier molecular flexibility index (Phi) is 3.64. The Morgan fingerprint density at radius 1 is 1.17 bits per heavy atom. The number of hydrogen-bond donors (Lipinski definition) is 1. The van der Waals surface area contributed by atoms with Gasteiger partial charge in [0.2, 0.25) is 5.91 Å². The Morgan fingerprint density at radius 3 is 2.35 bits per heavy atom. The summed E-state index contributed by atoms with van der Waals surface area (Å²) in [5, 5.41) is 3.21. The summed E-state index contributed by atoms with van der Waals surface area (Å²) >= 11 is 4.04. The summed E-state index contributed by atoms with van der Waals surface area (Å²) in [4.78, 5) is 12.8. The van der Waals surface area contributed by atoms with Crippen molar-refractivity contribution in [2.24, 2.45) is 17.3 Å². The lowest BCUT2D eigenvalue weighted by Crippen LogP contribution is -2.53. The number of nitrogens with one attached hydrogen (secondary N) is 1. The van der Waals surface area contributed by atoms with Gasteiger partial charge in [0.1, 0.15) is 0 Å². The molecule has 0 radical (unpaired) electrons. The van der Waals surface area contributed by atoms with Crippen molar-refractivity contribution in [2.45, 2.75) is 63.1 Å². The van der Waals surface area contributed by atoms with E-state index in [0.717, 1.165) is 28.7 Å². The second-order valence-corrected chi connectivity index (χ2v) is 10.3. The monoisotopic (exact) mass is 375 g/mol. The maximum absolute atomic E-state index is 12.8. The molecule has 23 heavy (non-hydrogen) atoms. The van der Waals surface area contributed by atoms with Crippen LogP contribution in [0.25, 0.3) is 0 Å². The molecule has 4 aliphatic carbocycles. The first-order valence-corrected chi connectivity index (χ1v) is 9.71. The normalized spacial score (nSPS) is 37.9. The van der Waals surface area contributed by atoms with Crippen LogP contribution in [0, 0.1) is 31.1 Å². The molecule has 124 valence electrons. The summed E-state index contributed by atoms with van der Waals surface area (Å²) in [5.41, 5.74) is 3.56. The first kappa shape index (κ1) is 15.7. The Labute approximate surface area is 147 Å². The number of para-hydroxylation sites is 1. The highest BCUT2D eigenvalue weighted by Gasteiger charge is 2.57. The van der Waals surface area contributed by atoms with Crippen molar-refractivity contribution < 1.29 is 4.79 Å². The van der Waals surface area contributed by atoms with Crippen LogP contribution in [-0.4, -0.2) is 10.2 Å². The van der Waals surface area contributed by atoms with Crippen molar-refractivity contribution in [2.75, 3.05) is 5.32 Å². The molecule has 2 atom stereocenters. The van der Waals surface area contributed by atoms with Crippen LogP contribution >= 0.6 is 15.9 Å². The van der Waals surface area contributed by atoms with Crippen LogP contribution in [0.15, 0.2) is 18.2 Å². The second-order valence-electron chi connectivity index (χ2n) is 8.60. The fourth-order valence-electron chi connectivity index (χ4n) is 6.08. The maximum Gasteiger partial charge on any atom is 0.224 e. The summed E-state index contributed by atoms with van der Waals surface area (Å²) in [6.45, 7) is 4.14.